The monoisotopic (exact) mass is 345 g/mol. The van der Waals surface area contributed by atoms with Crippen LogP contribution >= 0.6 is 22.7 Å². The van der Waals surface area contributed by atoms with Crippen molar-refractivity contribution in [3.05, 3.63) is 74.0 Å². The number of aromatic nitrogens is 1. The van der Waals surface area contributed by atoms with Gasteiger partial charge in [0.05, 0.1) is 28.2 Å². The number of thiophene rings is 2. The number of nitro groups is 1. The second kappa shape index (κ2) is 6.67. The second-order valence-corrected chi connectivity index (χ2v) is 6.47. The summed E-state index contributed by atoms with van der Waals surface area (Å²) >= 11 is 2.43. The van der Waals surface area contributed by atoms with Crippen LogP contribution in [0.1, 0.15) is 15.2 Å². The molecule has 0 saturated heterocycles. The Labute approximate surface area is 139 Å². The largest absolute Gasteiger partial charge is 0.324 e. The van der Waals surface area contributed by atoms with Crippen LogP contribution in [0, 0.1) is 10.1 Å². The fourth-order valence-corrected chi connectivity index (χ4v) is 3.46. The van der Waals surface area contributed by atoms with Gasteiger partial charge in [0.15, 0.2) is 0 Å². The van der Waals surface area contributed by atoms with Crippen molar-refractivity contribution in [1.82, 2.24) is 4.98 Å². The number of hydrogen-bond donors (Lipinski definition) is 0. The Kier molecular flexibility index (Phi) is 4.45. The van der Waals surface area contributed by atoms with Crippen LogP contribution in [-0.2, 0) is 6.54 Å². The molecule has 0 bridgehead atoms. The lowest BCUT2D eigenvalue weighted by Gasteiger charge is -2.21. The Morgan fingerprint density at radius 1 is 1.30 bits per heavy atom. The van der Waals surface area contributed by atoms with E-state index in [1.54, 1.807) is 40.8 Å². The van der Waals surface area contributed by atoms with Crippen molar-refractivity contribution in [2.75, 3.05) is 4.90 Å². The summed E-state index contributed by atoms with van der Waals surface area (Å²) in [7, 11) is 0. The molecule has 6 nitrogen and oxygen atoms in total. The predicted molar refractivity (Wildman–Crippen MR) is 90.0 cm³/mol. The van der Waals surface area contributed by atoms with Gasteiger partial charge < -0.3 is 4.90 Å². The first-order valence-electron chi connectivity index (χ1n) is 6.62. The summed E-state index contributed by atoms with van der Waals surface area (Å²) in [5.74, 6) is -0.276. The summed E-state index contributed by atoms with van der Waals surface area (Å²) in [6, 6.07) is 8.32. The zero-order chi connectivity index (χ0) is 16.2. The van der Waals surface area contributed by atoms with E-state index >= 15 is 0 Å². The summed E-state index contributed by atoms with van der Waals surface area (Å²) in [4.78, 5) is 29.1. The standard InChI is InChI=1S/C15H11N3O3S2/c19-15(13-3-4-14(23-13)18(20)21)17(9-11-5-7-22-10-11)12-2-1-6-16-8-12/h1-8,10H,9H2. The van der Waals surface area contributed by atoms with E-state index in [1.807, 2.05) is 16.8 Å². The van der Waals surface area contributed by atoms with Crippen molar-refractivity contribution >= 4 is 39.3 Å². The third kappa shape index (κ3) is 3.43. The molecule has 0 aromatic carbocycles. The van der Waals surface area contributed by atoms with E-state index in [0.29, 0.717) is 17.1 Å². The van der Waals surface area contributed by atoms with Gasteiger partial charge in [0.1, 0.15) is 0 Å². The summed E-state index contributed by atoms with van der Waals surface area (Å²) in [5, 5.41) is 14.7. The van der Waals surface area contributed by atoms with Crippen molar-refractivity contribution < 1.29 is 9.72 Å². The van der Waals surface area contributed by atoms with Crippen molar-refractivity contribution in [1.29, 1.82) is 0 Å². The number of rotatable bonds is 5. The minimum Gasteiger partial charge on any atom is -0.302 e. The van der Waals surface area contributed by atoms with Crippen LogP contribution in [0.4, 0.5) is 10.7 Å². The van der Waals surface area contributed by atoms with Gasteiger partial charge in [-0.3, -0.25) is 19.9 Å². The van der Waals surface area contributed by atoms with Crippen LogP contribution in [0.2, 0.25) is 0 Å². The predicted octanol–water partition coefficient (Wildman–Crippen LogP) is 3.96. The van der Waals surface area contributed by atoms with E-state index < -0.39 is 4.92 Å². The van der Waals surface area contributed by atoms with Gasteiger partial charge in [-0.2, -0.15) is 11.3 Å². The molecule has 0 saturated carbocycles. The van der Waals surface area contributed by atoms with Crippen LogP contribution in [0.5, 0.6) is 0 Å². The number of pyridine rings is 1. The first-order chi connectivity index (χ1) is 11.1. The van der Waals surface area contributed by atoms with Gasteiger partial charge in [-0.1, -0.05) is 11.3 Å². The molecule has 0 aliphatic rings. The lowest BCUT2D eigenvalue weighted by molar-refractivity contribution is -0.380. The van der Waals surface area contributed by atoms with E-state index in [-0.39, 0.29) is 10.9 Å². The molecule has 0 spiro atoms. The SMILES string of the molecule is O=C(c1ccc([N+](=O)[O-])s1)N(Cc1ccsc1)c1cccnc1. The molecule has 3 rings (SSSR count). The zero-order valence-corrected chi connectivity index (χ0v) is 13.4. The van der Waals surface area contributed by atoms with Crippen LogP contribution in [0.3, 0.4) is 0 Å². The molecule has 1 amide bonds. The summed E-state index contributed by atoms with van der Waals surface area (Å²) in [5.41, 5.74) is 1.65. The first kappa shape index (κ1) is 15.3. The smallest absolute Gasteiger partial charge is 0.302 e. The third-order valence-corrected chi connectivity index (χ3v) is 4.86. The van der Waals surface area contributed by atoms with Gasteiger partial charge in [-0.05, 0) is 40.6 Å². The molecule has 0 radical (unpaired) electrons. The molecule has 0 N–H and O–H groups in total. The number of nitrogens with zero attached hydrogens (tertiary/aromatic N) is 3. The molecule has 116 valence electrons. The van der Waals surface area contributed by atoms with Crippen LogP contribution < -0.4 is 4.90 Å². The Morgan fingerprint density at radius 3 is 2.78 bits per heavy atom. The van der Waals surface area contributed by atoms with Gasteiger partial charge in [0, 0.05) is 12.3 Å². The average Bonchev–Trinajstić information content (AvgIpc) is 3.24. The minimum absolute atomic E-state index is 0.0463. The van der Waals surface area contributed by atoms with Crippen LogP contribution in [0.25, 0.3) is 0 Å². The van der Waals surface area contributed by atoms with Crippen LogP contribution in [0.15, 0.2) is 53.5 Å². The number of hydrogen-bond acceptors (Lipinski definition) is 6. The van der Waals surface area contributed by atoms with E-state index in [0.717, 1.165) is 16.9 Å². The van der Waals surface area contributed by atoms with E-state index in [1.165, 1.54) is 12.1 Å². The van der Waals surface area contributed by atoms with Crippen molar-refractivity contribution in [3.63, 3.8) is 0 Å². The number of carbonyl (C=O) groups excluding carboxylic acids is 1. The lowest BCUT2D eigenvalue weighted by Crippen LogP contribution is -2.29. The normalized spacial score (nSPS) is 10.4. The first-order valence-corrected chi connectivity index (χ1v) is 8.38. The topological polar surface area (TPSA) is 76.3 Å². The van der Waals surface area contributed by atoms with Crippen molar-refractivity contribution in [2.45, 2.75) is 6.54 Å². The fraction of sp³-hybridized carbons (Fsp3) is 0.0667. The fourth-order valence-electron chi connectivity index (χ4n) is 2.03. The highest BCUT2D eigenvalue weighted by Crippen LogP contribution is 2.27. The summed E-state index contributed by atoms with van der Waals surface area (Å²) in [6.45, 7) is 0.389. The molecule has 0 atom stereocenters. The maximum Gasteiger partial charge on any atom is 0.324 e. The van der Waals surface area contributed by atoms with Crippen molar-refractivity contribution in [3.8, 4) is 0 Å². The lowest BCUT2D eigenvalue weighted by atomic mass is 10.2. The summed E-state index contributed by atoms with van der Waals surface area (Å²) < 4.78 is 0. The molecular formula is C15H11N3O3S2. The quantitative estimate of drug-likeness (QED) is 0.518. The van der Waals surface area contributed by atoms with Gasteiger partial charge in [0.2, 0.25) is 0 Å². The number of carbonyl (C=O) groups is 1. The highest BCUT2D eigenvalue weighted by Gasteiger charge is 2.22. The molecule has 3 aromatic rings. The Balaban J connectivity index is 1.93. The zero-order valence-electron chi connectivity index (χ0n) is 11.8. The maximum absolute atomic E-state index is 12.8. The highest BCUT2D eigenvalue weighted by atomic mass is 32.1. The second-order valence-electron chi connectivity index (χ2n) is 4.63. The Morgan fingerprint density at radius 2 is 2.17 bits per heavy atom. The van der Waals surface area contributed by atoms with E-state index in [4.69, 9.17) is 0 Å². The van der Waals surface area contributed by atoms with E-state index in [2.05, 4.69) is 4.98 Å². The van der Waals surface area contributed by atoms with Gasteiger partial charge in [0.25, 0.3) is 5.91 Å². The van der Waals surface area contributed by atoms with Gasteiger partial charge >= 0.3 is 5.00 Å². The molecule has 8 heteroatoms. The van der Waals surface area contributed by atoms with Crippen LogP contribution in [-0.4, -0.2) is 15.8 Å². The average molecular weight is 345 g/mol. The van der Waals surface area contributed by atoms with Gasteiger partial charge in [-0.25, -0.2) is 0 Å². The molecule has 0 aliphatic carbocycles. The minimum atomic E-state index is -0.491. The number of amides is 1. The molecule has 23 heavy (non-hydrogen) atoms. The molecule has 0 fully saturated rings. The molecule has 3 aromatic heterocycles. The molecular weight excluding hydrogens is 334 g/mol. The third-order valence-electron chi connectivity index (χ3n) is 3.11. The Bertz CT molecular complexity index is 816. The van der Waals surface area contributed by atoms with Crippen molar-refractivity contribution in [2.24, 2.45) is 0 Å². The maximum atomic E-state index is 12.8. The highest BCUT2D eigenvalue weighted by molar-refractivity contribution is 7.17. The summed E-state index contributed by atoms with van der Waals surface area (Å²) in [6.07, 6.45) is 3.24. The molecule has 3 heterocycles. The number of anilines is 1. The molecule has 0 aliphatic heterocycles. The Hall–Kier alpha value is -2.58. The van der Waals surface area contributed by atoms with E-state index in [9.17, 15) is 14.9 Å². The molecule has 0 unspecified atom stereocenters. The van der Waals surface area contributed by atoms with Gasteiger partial charge in [-0.15, -0.1) is 0 Å².